The van der Waals surface area contributed by atoms with Crippen LogP contribution in [0.3, 0.4) is 0 Å². The number of benzene rings is 1. The van der Waals surface area contributed by atoms with E-state index in [0.29, 0.717) is 18.7 Å². The molecule has 100 valence electrons. The van der Waals surface area contributed by atoms with Crippen molar-refractivity contribution in [2.45, 2.75) is 19.8 Å². The fraction of sp³-hybridized carbons (Fsp3) is 0.462. The lowest BCUT2D eigenvalue weighted by molar-refractivity contribution is 0.0716. The smallest absolute Gasteiger partial charge is 0.257 e. The molecule has 0 fully saturated rings. The van der Waals surface area contributed by atoms with E-state index in [4.69, 9.17) is 5.11 Å². The van der Waals surface area contributed by atoms with Crippen LogP contribution in [-0.2, 0) is 0 Å². The molecule has 0 saturated heterocycles. The Morgan fingerprint density at radius 2 is 2.11 bits per heavy atom. The van der Waals surface area contributed by atoms with Crippen LogP contribution in [0, 0.1) is 3.57 Å². The van der Waals surface area contributed by atoms with Crippen LogP contribution in [0.25, 0.3) is 0 Å². The van der Waals surface area contributed by atoms with Crippen LogP contribution in [0.15, 0.2) is 18.2 Å². The number of carbonyl (C=O) groups is 1. The van der Waals surface area contributed by atoms with E-state index in [-0.39, 0.29) is 18.3 Å². The monoisotopic (exact) mass is 363 g/mol. The number of aliphatic hydroxyl groups is 1. The van der Waals surface area contributed by atoms with E-state index in [1.807, 2.05) is 6.92 Å². The van der Waals surface area contributed by atoms with Gasteiger partial charge in [-0.1, -0.05) is 13.3 Å². The molecule has 0 aliphatic rings. The van der Waals surface area contributed by atoms with E-state index in [1.54, 1.807) is 17.0 Å². The normalized spacial score (nSPS) is 10.4. The summed E-state index contributed by atoms with van der Waals surface area (Å²) in [5, 5.41) is 18.7. The Kier molecular flexibility index (Phi) is 6.42. The first kappa shape index (κ1) is 15.2. The summed E-state index contributed by atoms with van der Waals surface area (Å²) in [4.78, 5) is 13.8. The minimum atomic E-state index is -0.228. The lowest BCUT2D eigenvalue weighted by Crippen LogP contribution is -2.34. The van der Waals surface area contributed by atoms with Crippen LogP contribution in [0.4, 0.5) is 0 Å². The molecule has 0 atom stereocenters. The molecule has 0 heterocycles. The van der Waals surface area contributed by atoms with Gasteiger partial charge in [0.1, 0.15) is 5.75 Å². The maximum Gasteiger partial charge on any atom is 0.257 e. The van der Waals surface area contributed by atoms with Gasteiger partial charge in [0, 0.05) is 16.7 Å². The molecule has 2 N–H and O–H groups in total. The lowest BCUT2D eigenvalue weighted by atomic mass is 10.1. The van der Waals surface area contributed by atoms with Crippen molar-refractivity contribution in [3.05, 3.63) is 27.3 Å². The Morgan fingerprint density at radius 1 is 1.39 bits per heavy atom. The molecule has 1 aromatic carbocycles. The van der Waals surface area contributed by atoms with Gasteiger partial charge in [0.15, 0.2) is 0 Å². The van der Waals surface area contributed by atoms with Crippen molar-refractivity contribution in [3.63, 3.8) is 0 Å². The van der Waals surface area contributed by atoms with Crippen LogP contribution in [-0.4, -0.2) is 40.7 Å². The summed E-state index contributed by atoms with van der Waals surface area (Å²) in [6.45, 7) is 2.87. The third-order valence-electron chi connectivity index (χ3n) is 2.63. The summed E-state index contributed by atoms with van der Waals surface area (Å²) < 4.78 is 0.896. The summed E-state index contributed by atoms with van der Waals surface area (Å²) in [5.74, 6) is -0.242. The molecule has 0 spiro atoms. The summed E-state index contributed by atoms with van der Waals surface area (Å²) in [6.07, 6.45) is 1.87. The van der Waals surface area contributed by atoms with Gasteiger partial charge in [-0.25, -0.2) is 0 Å². The van der Waals surface area contributed by atoms with Crippen molar-refractivity contribution < 1.29 is 15.0 Å². The number of unbranched alkanes of at least 4 members (excludes halogenated alkanes) is 1. The number of nitrogens with zero attached hydrogens (tertiary/aromatic N) is 1. The molecule has 0 unspecified atom stereocenters. The van der Waals surface area contributed by atoms with E-state index in [9.17, 15) is 9.90 Å². The van der Waals surface area contributed by atoms with E-state index in [2.05, 4.69) is 22.6 Å². The fourth-order valence-electron chi connectivity index (χ4n) is 1.63. The number of carbonyl (C=O) groups excluding carboxylic acids is 1. The Bertz CT molecular complexity index is 409. The molecular weight excluding hydrogens is 345 g/mol. The lowest BCUT2D eigenvalue weighted by Gasteiger charge is -2.22. The second kappa shape index (κ2) is 7.58. The number of aliphatic hydroxyl groups excluding tert-OH is 1. The number of phenols is 1. The number of halogens is 1. The third-order valence-corrected chi connectivity index (χ3v) is 3.30. The van der Waals surface area contributed by atoms with Crippen molar-refractivity contribution in [1.29, 1.82) is 0 Å². The zero-order chi connectivity index (χ0) is 13.5. The number of rotatable bonds is 6. The first-order valence-electron chi connectivity index (χ1n) is 5.98. The van der Waals surface area contributed by atoms with Gasteiger partial charge in [-0.3, -0.25) is 4.79 Å². The van der Waals surface area contributed by atoms with Crippen molar-refractivity contribution in [2.24, 2.45) is 0 Å². The number of hydrogen-bond acceptors (Lipinski definition) is 3. The molecular formula is C13H18INO3. The molecule has 18 heavy (non-hydrogen) atoms. The molecule has 1 rings (SSSR count). The second-order valence-corrected chi connectivity index (χ2v) is 5.28. The fourth-order valence-corrected chi connectivity index (χ4v) is 2.13. The highest BCUT2D eigenvalue weighted by Gasteiger charge is 2.18. The highest BCUT2D eigenvalue weighted by molar-refractivity contribution is 14.1. The van der Waals surface area contributed by atoms with Crippen molar-refractivity contribution in [3.8, 4) is 5.75 Å². The van der Waals surface area contributed by atoms with Crippen LogP contribution < -0.4 is 0 Å². The van der Waals surface area contributed by atoms with E-state index in [0.717, 1.165) is 16.4 Å². The maximum absolute atomic E-state index is 12.3. The van der Waals surface area contributed by atoms with Gasteiger partial charge in [0.2, 0.25) is 0 Å². The minimum Gasteiger partial charge on any atom is -0.507 e. The standard InChI is InChI=1S/C13H18INO3/c1-2-3-6-15(7-8-16)13(18)11-9-10(14)4-5-12(11)17/h4-5,9,16-17H,2-3,6-8H2,1H3. The molecule has 0 bridgehead atoms. The second-order valence-electron chi connectivity index (χ2n) is 4.03. The average Bonchev–Trinajstić information content (AvgIpc) is 2.36. The molecule has 0 aromatic heterocycles. The summed E-state index contributed by atoms with van der Waals surface area (Å²) in [5.41, 5.74) is 0.298. The Hall–Kier alpha value is -0.820. The zero-order valence-electron chi connectivity index (χ0n) is 10.4. The van der Waals surface area contributed by atoms with Crippen LogP contribution in [0.2, 0.25) is 0 Å². The van der Waals surface area contributed by atoms with Crippen LogP contribution >= 0.6 is 22.6 Å². The van der Waals surface area contributed by atoms with Crippen molar-refractivity contribution in [1.82, 2.24) is 4.90 Å². The van der Waals surface area contributed by atoms with E-state index >= 15 is 0 Å². The third kappa shape index (κ3) is 4.13. The van der Waals surface area contributed by atoms with Crippen molar-refractivity contribution >= 4 is 28.5 Å². The van der Waals surface area contributed by atoms with Gasteiger partial charge in [-0.2, -0.15) is 0 Å². The van der Waals surface area contributed by atoms with Gasteiger partial charge >= 0.3 is 0 Å². The molecule has 1 aromatic rings. The molecule has 0 radical (unpaired) electrons. The number of phenolic OH excluding ortho intramolecular Hbond substituents is 1. The van der Waals surface area contributed by atoms with Gasteiger partial charge in [0.05, 0.1) is 12.2 Å². The number of aromatic hydroxyl groups is 1. The largest absolute Gasteiger partial charge is 0.507 e. The molecule has 0 aliphatic heterocycles. The van der Waals surface area contributed by atoms with E-state index in [1.165, 1.54) is 6.07 Å². The molecule has 4 nitrogen and oxygen atoms in total. The first-order valence-corrected chi connectivity index (χ1v) is 7.06. The first-order chi connectivity index (χ1) is 8.60. The molecule has 1 amide bonds. The van der Waals surface area contributed by atoms with Gasteiger partial charge in [0.25, 0.3) is 5.91 Å². The number of hydrogen-bond donors (Lipinski definition) is 2. The van der Waals surface area contributed by atoms with Crippen LogP contribution in [0.5, 0.6) is 5.75 Å². The predicted molar refractivity (Wildman–Crippen MR) is 78.7 cm³/mol. The minimum absolute atomic E-state index is 0.0140. The summed E-state index contributed by atoms with van der Waals surface area (Å²) in [7, 11) is 0. The number of amides is 1. The van der Waals surface area contributed by atoms with Gasteiger partial charge < -0.3 is 15.1 Å². The Balaban J connectivity index is 2.90. The highest BCUT2D eigenvalue weighted by atomic mass is 127. The zero-order valence-corrected chi connectivity index (χ0v) is 12.6. The van der Waals surface area contributed by atoms with Gasteiger partial charge in [-0.05, 0) is 47.2 Å². The molecule has 5 heteroatoms. The SMILES string of the molecule is CCCCN(CCO)C(=O)c1cc(I)ccc1O. The summed E-state index contributed by atoms with van der Waals surface area (Å²) in [6, 6.07) is 4.93. The molecule has 0 saturated carbocycles. The van der Waals surface area contributed by atoms with Crippen LogP contribution in [0.1, 0.15) is 30.1 Å². The Labute approximate surface area is 121 Å². The van der Waals surface area contributed by atoms with E-state index < -0.39 is 0 Å². The van der Waals surface area contributed by atoms with Gasteiger partial charge in [-0.15, -0.1) is 0 Å². The topological polar surface area (TPSA) is 60.8 Å². The predicted octanol–water partition coefficient (Wildman–Crippen LogP) is 2.23. The average molecular weight is 363 g/mol. The molecule has 0 aliphatic carbocycles. The summed E-state index contributed by atoms with van der Waals surface area (Å²) >= 11 is 2.10. The highest BCUT2D eigenvalue weighted by Crippen LogP contribution is 2.21. The van der Waals surface area contributed by atoms with Crippen molar-refractivity contribution in [2.75, 3.05) is 19.7 Å². The Morgan fingerprint density at radius 3 is 2.72 bits per heavy atom. The maximum atomic E-state index is 12.3. The quantitative estimate of drug-likeness (QED) is 0.762.